The van der Waals surface area contributed by atoms with Crippen molar-refractivity contribution in [2.24, 2.45) is 0 Å². The molecular weight excluding hydrogens is 292 g/mol. The molecule has 0 amide bonds. The van der Waals surface area contributed by atoms with Gasteiger partial charge < -0.3 is 5.11 Å². The van der Waals surface area contributed by atoms with Gasteiger partial charge in [-0.15, -0.1) is 0 Å². The van der Waals surface area contributed by atoms with Gasteiger partial charge in [0.2, 0.25) is 0 Å². The molecule has 6 heteroatoms. The first-order valence-corrected chi connectivity index (χ1v) is 6.24. The average molecular weight is 301 g/mol. The van der Waals surface area contributed by atoms with Crippen molar-refractivity contribution in [3.05, 3.63) is 68.7 Å². The van der Waals surface area contributed by atoms with Gasteiger partial charge in [0.25, 0.3) is 0 Å². The maximum atomic E-state index is 10.8. The monoisotopic (exact) mass is 300 g/mol. The van der Waals surface area contributed by atoms with E-state index in [1.165, 1.54) is 24.3 Å². The lowest BCUT2D eigenvalue weighted by Gasteiger charge is -2.01. The van der Waals surface area contributed by atoms with Crippen LogP contribution >= 0.6 is 11.6 Å². The molecule has 0 heterocycles. The Kier molecular flexibility index (Phi) is 4.21. The summed E-state index contributed by atoms with van der Waals surface area (Å²) >= 11 is 5.88. The van der Waals surface area contributed by atoms with Crippen molar-refractivity contribution < 1.29 is 10.0 Å². The number of allylic oxidation sites excluding steroid dienone is 1. The van der Waals surface area contributed by atoms with Crippen LogP contribution in [0.5, 0.6) is 5.75 Å². The number of aromatic hydroxyl groups is 1. The molecule has 0 fully saturated rings. The lowest BCUT2D eigenvalue weighted by atomic mass is 10.0. The SMILES string of the molecule is N#C/C(=C\c1ccc(O)c([N+](=O)[O-])c1)c1cccc(Cl)c1. The number of benzene rings is 2. The van der Waals surface area contributed by atoms with Crippen molar-refractivity contribution in [2.45, 2.75) is 0 Å². The molecule has 0 bridgehead atoms. The van der Waals surface area contributed by atoms with E-state index in [0.29, 0.717) is 21.7 Å². The fourth-order valence-electron chi connectivity index (χ4n) is 1.78. The van der Waals surface area contributed by atoms with Crippen LogP contribution in [0.2, 0.25) is 5.02 Å². The van der Waals surface area contributed by atoms with Crippen molar-refractivity contribution >= 4 is 28.9 Å². The lowest BCUT2D eigenvalue weighted by Crippen LogP contribution is -1.89. The van der Waals surface area contributed by atoms with Crippen LogP contribution in [0.25, 0.3) is 11.6 Å². The molecule has 0 aliphatic rings. The van der Waals surface area contributed by atoms with Crippen LogP contribution in [0.15, 0.2) is 42.5 Å². The Morgan fingerprint density at radius 3 is 2.71 bits per heavy atom. The van der Waals surface area contributed by atoms with Crippen LogP contribution in [0, 0.1) is 21.4 Å². The molecule has 0 radical (unpaired) electrons. The summed E-state index contributed by atoms with van der Waals surface area (Å²) in [6.07, 6.45) is 1.50. The molecule has 0 saturated heterocycles. The molecule has 0 aliphatic carbocycles. The summed E-state index contributed by atoms with van der Waals surface area (Å²) < 4.78 is 0. The van der Waals surface area contributed by atoms with Crippen LogP contribution in [0.3, 0.4) is 0 Å². The fourth-order valence-corrected chi connectivity index (χ4v) is 1.97. The Hall–Kier alpha value is -2.84. The molecule has 0 unspecified atom stereocenters. The number of phenolic OH excluding ortho intramolecular Hbond substituents is 1. The van der Waals surface area contributed by atoms with E-state index in [0.717, 1.165) is 0 Å². The molecule has 0 atom stereocenters. The quantitative estimate of drug-likeness (QED) is 0.401. The van der Waals surface area contributed by atoms with Gasteiger partial charge in [0.15, 0.2) is 5.75 Å². The molecule has 2 rings (SSSR count). The van der Waals surface area contributed by atoms with Crippen LogP contribution in [-0.4, -0.2) is 10.0 Å². The molecule has 2 aromatic carbocycles. The number of rotatable bonds is 3. The maximum absolute atomic E-state index is 10.8. The molecule has 0 aromatic heterocycles. The van der Waals surface area contributed by atoms with Gasteiger partial charge in [-0.3, -0.25) is 10.1 Å². The first-order valence-electron chi connectivity index (χ1n) is 5.86. The second kappa shape index (κ2) is 6.07. The third kappa shape index (κ3) is 3.38. The van der Waals surface area contributed by atoms with Gasteiger partial charge in [0.1, 0.15) is 0 Å². The summed E-state index contributed by atoms with van der Waals surface area (Å²) in [6, 6.07) is 12.7. The number of nitro benzene ring substituents is 1. The third-order valence-electron chi connectivity index (χ3n) is 2.76. The molecule has 21 heavy (non-hydrogen) atoms. The Morgan fingerprint density at radius 2 is 2.10 bits per heavy atom. The summed E-state index contributed by atoms with van der Waals surface area (Å²) in [4.78, 5) is 10.1. The highest BCUT2D eigenvalue weighted by atomic mass is 35.5. The van der Waals surface area contributed by atoms with E-state index in [1.54, 1.807) is 24.3 Å². The zero-order valence-electron chi connectivity index (χ0n) is 10.7. The molecule has 0 spiro atoms. The van der Waals surface area contributed by atoms with Crippen molar-refractivity contribution in [1.29, 1.82) is 5.26 Å². The van der Waals surface area contributed by atoms with Crippen LogP contribution in [0.4, 0.5) is 5.69 Å². The highest BCUT2D eigenvalue weighted by molar-refractivity contribution is 6.30. The summed E-state index contributed by atoms with van der Waals surface area (Å²) in [5.41, 5.74) is 0.960. The van der Waals surface area contributed by atoms with Crippen molar-refractivity contribution in [3.8, 4) is 11.8 Å². The number of nitro groups is 1. The predicted octanol–water partition coefficient (Wildman–Crippen LogP) is 4.02. The molecule has 104 valence electrons. The van der Waals surface area contributed by atoms with Gasteiger partial charge >= 0.3 is 5.69 Å². The average Bonchev–Trinajstić information content (AvgIpc) is 2.46. The third-order valence-corrected chi connectivity index (χ3v) is 3.00. The van der Waals surface area contributed by atoms with Gasteiger partial charge in [-0.1, -0.05) is 29.8 Å². The number of phenols is 1. The van der Waals surface area contributed by atoms with Crippen molar-refractivity contribution in [2.75, 3.05) is 0 Å². The highest BCUT2D eigenvalue weighted by Crippen LogP contribution is 2.28. The van der Waals surface area contributed by atoms with Crippen LogP contribution in [-0.2, 0) is 0 Å². The first-order chi connectivity index (χ1) is 10.0. The molecule has 5 nitrogen and oxygen atoms in total. The number of hydrogen-bond acceptors (Lipinski definition) is 4. The number of nitrogens with zero attached hydrogens (tertiary/aromatic N) is 2. The van der Waals surface area contributed by atoms with Gasteiger partial charge in [-0.25, -0.2) is 0 Å². The smallest absolute Gasteiger partial charge is 0.311 e. The van der Waals surface area contributed by atoms with E-state index in [4.69, 9.17) is 11.6 Å². The summed E-state index contributed by atoms with van der Waals surface area (Å²) in [5.74, 6) is -0.418. The largest absolute Gasteiger partial charge is 0.502 e. The summed E-state index contributed by atoms with van der Waals surface area (Å²) in [7, 11) is 0. The van der Waals surface area contributed by atoms with Gasteiger partial charge in [-0.05, 0) is 35.4 Å². The molecule has 2 aromatic rings. The Morgan fingerprint density at radius 1 is 1.33 bits per heavy atom. The first kappa shape index (κ1) is 14.6. The predicted molar refractivity (Wildman–Crippen MR) is 79.7 cm³/mol. The standard InChI is InChI=1S/C15H9ClN2O3/c16-13-3-1-2-11(8-13)12(9-17)6-10-4-5-15(19)14(7-10)18(20)21/h1-8,19H/b12-6+. The zero-order valence-corrected chi connectivity index (χ0v) is 11.4. The minimum absolute atomic E-state index is 0.317. The van der Waals surface area contributed by atoms with E-state index in [1.807, 2.05) is 6.07 Å². The second-order valence-corrected chi connectivity index (χ2v) is 4.62. The topological polar surface area (TPSA) is 87.2 Å². The van der Waals surface area contributed by atoms with Crippen LogP contribution in [0.1, 0.15) is 11.1 Å². The van der Waals surface area contributed by atoms with Crippen molar-refractivity contribution in [1.82, 2.24) is 0 Å². The fraction of sp³-hybridized carbons (Fsp3) is 0. The minimum Gasteiger partial charge on any atom is -0.502 e. The lowest BCUT2D eigenvalue weighted by molar-refractivity contribution is -0.385. The number of hydrogen-bond donors (Lipinski definition) is 1. The molecule has 1 N–H and O–H groups in total. The summed E-state index contributed by atoms with van der Waals surface area (Å²) in [6.45, 7) is 0. The maximum Gasteiger partial charge on any atom is 0.311 e. The summed E-state index contributed by atoms with van der Waals surface area (Å²) in [5, 5.41) is 29.9. The molecule has 0 saturated carbocycles. The number of halogens is 1. The van der Waals surface area contributed by atoms with Crippen molar-refractivity contribution in [3.63, 3.8) is 0 Å². The molecular formula is C15H9ClN2O3. The number of nitriles is 1. The van der Waals surface area contributed by atoms with E-state index in [9.17, 15) is 20.5 Å². The Bertz CT molecular complexity index is 779. The molecule has 0 aliphatic heterocycles. The van der Waals surface area contributed by atoms with Gasteiger partial charge in [0, 0.05) is 11.1 Å². The highest BCUT2D eigenvalue weighted by Gasteiger charge is 2.13. The van der Waals surface area contributed by atoms with E-state index in [-0.39, 0.29) is 0 Å². The van der Waals surface area contributed by atoms with Gasteiger partial charge in [0.05, 0.1) is 16.6 Å². The van der Waals surface area contributed by atoms with Crippen LogP contribution < -0.4 is 0 Å². The Labute approximate surface area is 125 Å². The normalized spacial score (nSPS) is 11.0. The van der Waals surface area contributed by atoms with Gasteiger partial charge in [-0.2, -0.15) is 5.26 Å². The minimum atomic E-state index is -0.682. The Balaban J connectivity index is 2.48. The van der Waals surface area contributed by atoms with E-state index >= 15 is 0 Å². The van der Waals surface area contributed by atoms with E-state index in [2.05, 4.69) is 0 Å². The van der Waals surface area contributed by atoms with E-state index < -0.39 is 16.4 Å². The second-order valence-electron chi connectivity index (χ2n) is 4.19. The zero-order chi connectivity index (χ0) is 15.4.